The minimum Gasteiger partial charge on any atom is -0.507 e. The predicted octanol–water partition coefficient (Wildman–Crippen LogP) is 3.93. The fourth-order valence-corrected chi connectivity index (χ4v) is 2.48. The van der Waals surface area contributed by atoms with Gasteiger partial charge in [-0.2, -0.15) is 0 Å². The number of carbonyl (C=O) groups excluding carboxylic acids is 1. The molecule has 0 saturated carbocycles. The van der Waals surface area contributed by atoms with Crippen LogP contribution in [0, 0.1) is 0 Å². The van der Waals surface area contributed by atoms with Crippen molar-refractivity contribution in [2.75, 3.05) is 7.11 Å². The number of aliphatic hydroxyl groups excluding tert-OH is 1. The molecule has 0 aromatic heterocycles. The number of aliphatic hydroxyl groups is 1. The number of methoxy groups -OCH3 is 1. The van der Waals surface area contributed by atoms with Crippen LogP contribution in [0.2, 0.25) is 0 Å². The van der Waals surface area contributed by atoms with E-state index in [1.54, 1.807) is 24.3 Å². The van der Waals surface area contributed by atoms with E-state index in [4.69, 9.17) is 4.74 Å². The number of fused-ring (bicyclic) bond motifs is 1. The number of benzene rings is 2. The summed E-state index contributed by atoms with van der Waals surface area (Å²) < 4.78 is 4.77. The molecule has 0 heterocycles. The Morgan fingerprint density at radius 2 is 1.62 bits per heavy atom. The van der Waals surface area contributed by atoms with E-state index < -0.39 is 5.97 Å². The Hall–Kier alpha value is -2.81. The third-order valence-electron chi connectivity index (χ3n) is 3.52. The van der Waals surface area contributed by atoms with Gasteiger partial charge in [0.2, 0.25) is 0 Å². The van der Waals surface area contributed by atoms with E-state index in [1.807, 2.05) is 36.4 Å². The summed E-state index contributed by atoms with van der Waals surface area (Å²) in [6.45, 7) is 0. The second kappa shape index (κ2) is 5.29. The molecular weight excluding hydrogens is 264 g/mol. The van der Waals surface area contributed by atoms with Crippen molar-refractivity contribution in [2.24, 2.45) is 0 Å². The lowest BCUT2D eigenvalue weighted by Crippen LogP contribution is -2.05. The SMILES string of the molecule is COC(=O)c1ccccc1/C(O)=C1/C=Cc2ccccc21. The average molecular weight is 278 g/mol. The van der Waals surface area contributed by atoms with Gasteiger partial charge in [0.15, 0.2) is 0 Å². The van der Waals surface area contributed by atoms with Crippen molar-refractivity contribution in [1.82, 2.24) is 0 Å². The molecule has 3 nitrogen and oxygen atoms in total. The van der Waals surface area contributed by atoms with Gasteiger partial charge in [-0.1, -0.05) is 54.6 Å². The van der Waals surface area contributed by atoms with E-state index in [1.165, 1.54) is 7.11 Å². The highest BCUT2D eigenvalue weighted by molar-refractivity contribution is 6.04. The predicted molar refractivity (Wildman–Crippen MR) is 82.7 cm³/mol. The fourth-order valence-electron chi connectivity index (χ4n) is 2.48. The van der Waals surface area contributed by atoms with E-state index in [0.717, 1.165) is 11.1 Å². The quantitative estimate of drug-likeness (QED) is 0.669. The summed E-state index contributed by atoms with van der Waals surface area (Å²) >= 11 is 0. The van der Waals surface area contributed by atoms with Crippen LogP contribution in [0.1, 0.15) is 27.0 Å². The van der Waals surface area contributed by atoms with Gasteiger partial charge in [0.05, 0.1) is 12.7 Å². The van der Waals surface area contributed by atoms with Crippen molar-refractivity contribution < 1.29 is 14.6 Å². The smallest absolute Gasteiger partial charge is 0.338 e. The highest BCUT2D eigenvalue weighted by Gasteiger charge is 2.19. The molecule has 3 rings (SSSR count). The van der Waals surface area contributed by atoms with Gasteiger partial charge in [-0.05, 0) is 17.2 Å². The van der Waals surface area contributed by atoms with Crippen LogP contribution in [0.3, 0.4) is 0 Å². The van der Waals surface area contributed by atoms with Gasteiger partial charge in [-0.15, -0.1) is 0 Å². The summed E-state index contributed by atoms with van der Waals surface area (Å²) in [6.07, 6.45) is 3.80. The lowest BCUT2D eigenvalue weighted by atomic mass is 9.99. The highest BCUT2D eigenvalue weighted by atomic mass is 16.5. The molecule has 2 aromatic rings. The first-order valence-electron chi connectivity index (χ1n) is 6.61. The molecule has 1 aliphatic carbocycles. The maximum absolute atomic E-state index is 11.8. The summed E-state index contributed by atoms with van der Waals surface area (Å²) in [5.74, 6) is -0.384. The first kappa shape index (κ1) is 13.2. The molecule has 0 unspecified atom stereocenters. The summed E-state index contributed by atoms with van der Waals surface area (Å²) in [5.41, 5.74) is 3.54. The highest BCUT2D eigenvalue weighted by Crippen LogP contribution is 2.34. The van der Waals surface area contributed by atoms with Crippen LogP contribution in [0.4, 0.5) is 0 Å². The Kier molecular flexibility index (Phi) is 3.32. The number of allylic oxidation sites excluding steroid dienone is 2. The minimum atomic E-state index is -0.465. The van der Waals surface area contributed by atoms with E-state index >= 15 is 0 Å². The van der Waals surface area contributed by atoms with Gasteiger partial charge in [0.25, 0.3) is 0 Å². The van der Waals surface area contributed by atoms with Gasteiger partial charge >= 0.3 is 5.97 Å². The third-order valence-corrected chi connectivity index (χ3v) is 3.52. The molecule has 1 N–H and O–H groups in total. The van der Waals surface area contributed by atoms with E-state index in [2.05, 4.69) is 0 Å². The Labute approximate surface area is 122 Å². The molecule has 0 radical (unpaired) electrons. The number of esters is 1. The summed E-state index contributed by atoms with van der Waals surface area (Å²) in [5, 5.41) is 10.6. The van der Waals surface area contributed by atoms with E-state index in [-0.39, 0.29) is 5.76 Å². The lowest BCUT2D eigenvalue weighted by Gasteiger charge is -2.10. The van der Waals surface area contributed by atoms with Gasteiger partial charge in [0.1, 0.15) is 5.76 Å². The van der Waals surface area contributed by atoms with Crippen LogP contribution in [-0.4, -0.2) is 18.2 Å². The van der Waals surface area contributed by atoms with Crippen molar-refractivity contribution in [1.29, 1.82) is 0 Å². The van der Waals surface area contributed by atoms with Gasteiger partial charge in [-0.3, -0.25) is 0 Å². The summed E-state index contributed by atoms with van der Waals surface area (Å²) in [6, 6.07) is 14.7. The van der Waals surface area contributed by atoms with Gasteiger partial charge in [0, 0.05) is 11.1 Å². The molecule has 0 spiro atoms. The number of rotatable bonds is 2. The molecule has 1 aliphatic rings. The second-order valence-corrected chi connectivity index (χ2v) is 4.72. The zero-order chi connectivity index (χ0) is 14.8. The zero-order valence-corrected chi connectivity index (χ0v) is 11.5. The van der Waals surface area contributed by atoms with Crippen LogP contribution in [0.25, 0.3) is 17.4 Å². The Bertz CT molecular complexity index is 770. The maximum Gasteiger partial charge on any atom is 0.338 e. The largest absolute Gasteiger partial charge is 0.507 e. The number of carbonyl (C=O) groups is 1. The molecule has 0 fully saturated rings. The normalized spacial score (nSPS) is 14.7. The topological polar surface area (TPSA) is 46.5 Å². The molecule has 2 aromatic carbocycles. The monoisotopic (exact) mass is 278 g/mol. The summed E-state index contributed by atoms with van der Waals surface area (Å²) in [4.78, 5) is 11.8. The number of hydrogen-bond acceptors (Lipinski definition) is 3. The zero-order valence-electron chi connectivity index (χ0n) is 11.5. The molecular formula is C18H14O3. The fraction of sp³-hybridized carbons (Fsp3) is 0.0556. The van der Waals surface area contributed by atoms with Crippen LogP contribution in [-0.2, 0) is 4.74 Å². The van der Waals surface area contributed by atoms with Crippen LogP contribution in [0.15, 0.2) is 54.6 Å². The molecule has 3 heteroatoms. The molecule has 0 amide bonds. The molecule has 0 aliphatic heterocycles. The number of ether oxygens (including phenoxy) is 1. The van der Waals surface area contributed by atoms with Crippen molar-refractivity contribution in [3.8, 4) is 0 Å². The minimum absolute atomic E-state index is 0.0807. The van der Waals surface area contributed by atoms with Gasteiger partial charge in [-0.25, -0.2) is 4.79 Å². The van der Waals surface area contributed by atoms with Gasteiger partial charge < -0.3 is 9.84 Å². The molecule has 0 atom stereocenters. The second-order valence-electron chi connectivity index (χ2n) is 4.72. The third kappa shape index (κ3) is 2.23. The molecule has 21 heavy (non-hydrogen) atoms. The molecule has 0 bridgehead atoms. The van der Waals surface area contributed by atoms with Crippen LogP contribution in [0.5, 0.6) is 0 Å². The summed E-state index contributed by atoms with van der Waals surface area (Å²) in [7, 11) is 1.33. The standard InChI is InChI=1S/C18H14O3/c1-21-18(20)16-9-5-4-8-14(16)17(19)15-11-10-12-6-2-3-7-13(12)15/h2-11,19H,1H3/b17-15+. The first-order chi connectivity index (χ1) is 10.2. The van der Waals surface area contributed by atoms with E-state index in [0.29, 0.717) is 16.7 Å². The lowest BCUT2D eigenvalue weighted by molar-refractivity contribution is 0.0600. The Morgan fingerprint density at radius 3 is 2.38 bits per heavy atom. The van der Waals surface area contributed by atoms with E-state index in [9.17, 15) is 9.90 Å². The van der Waals surface area contributed by atoms with Crippen LogP contribution < -0.4 is 0 Å². The maximum atomic E-state index is 11.8. The van der Waals surface area contributed by atoms with Crippen molar-refractivity contribution in [3.63, 3.8) is 0 Å². The van der Waals surface area contributed by atoms with Crippen molar-refractivity contribution in [2.45, 2.75) is 0 Å². The Morgan fingerprint density at radius 1 is 0.952 bits per heavy atom. The van der Waals surface area contributed by atoms with Crippen LogP contribution >= 0.6 is 0 Å². The first-order valence-corrected chi connectivity index (χ1v) is 6.61. The molecule has 104 valence electrons. The van der Waals surface area contributed by atoms with Crippen molar-refractivity contribution >= 4 is 23.4 Å². The van der Waals surface area contributed by atoms with Crippen molar-refractivity contribution in [3.05, 3.63) is 76.9 Å². The molecule has 0 saturated heterocycles. The number of hydrogen-bond donors (Lipinski definition) is 1. The Balaban J connectivity index is 2.17. The average Bonchev–Trinajstić information content (AvgIpc) is 2.97.